The van der Waals surface area contributed by atoms with Crippen LogP contribution in [0.4, 0.5) is 4.79 Å². The number of benzene rings is 2. The maximum atomic E-state index is 12.8. The van der Waals surface area contributed by atoms with Crippen LogP contribution in [-0.4, -0.2) is 51.2 Å². The first-order valence-electron chi connectivity index (χ1n) is 11.1. The highest BCUT2D eigenvalue weighted by Gasteiger charge is 2.52. The molecule has 4 N–H and O–H groups in total. The van der Waals surface area contributed by atoms with E-state index in [9.17, 15) is 19.5 Å². The highest BCUT2D eigenvalue weighted by atomic mass is 16.5. The summed E-state index contributed by atoms with van der Waals surface area (Å²) in [5.74, 6) is -1.79. The van der Waals surface area contributed by atoms with Crippen LogP contribution in [-0.2, 0) is 20.7 Å². The Hall–Kier alpha value is -4.14. The molecule has 2 aromatic carbocycles. The molecular weight excluding hydrogens is 436 g/mol. The Kier molecular flexibility index (Phi) is 5.53. The molecule has 1 fully saturated rings. The Morgan fingerprint density at radius 2 is 1.74 bits per heavy atom. The largest absolute Gasteiger partial charge is 0.480 e. The second kappa shape index (κ2) is 8.66. The number of nitrogens with zero attached hydrogens (tertiary/aromatic N) is 1. The predicted octanol–water partition coefficient (Wildman–Crippen LogP) is 2.59. The monoisotopic (exact) mass is 460 g/mol. The molecule has 1 saturated carbocycles. The van der Waals surface area contributed by atoms with E-state index in [1.165, 1.54) is 12.5 Å². The number of aliphatic carboxylic acids is 1. The maximum absolute atomic E-state index is 12.8. The molecule has 3 aromatic rings. The third kappa shape index (κ3) is 4.12. The molecule has 1 atom stereocenters. The van der Waals surface area contributed by atoms with E-state index in [-0.39, 0.29) is 18.9 Å². The fourth-order valence-electron chi connectivity index (χ4n) is 4.48. The van der Waals surface area contributed by atoms with Crippen molar-refractivity contribution in [2.75, 3.05) is 6.61 Å². The molecule has 2 amide bonds. The summed E-state index contributed by atoms with van der Waals surface area (Å²) in [4.78, 5) is 43.7. The first-order valence-corrected chi connectivity index (χ1v) is 11.1. The number of aromatic nitrogens is 2. The van der Waals surface area contributed by atoms with Crippen LogP contribution in [0.15, 0.2) is 61.1 Å². The summed E-state index contributed by atoms with van der Waals surface area (Å²) in [6.07, 6.45) is 3.14. The van der Waals surface area contributed by atoms with Crippen molar-refractivity contribution < 1.29 is 24.2 Å². The number of H-pyrrole nitrogens is 1. The minimum Gasteiger partial charge on any atom is -0.480 e. The van der Waals surface area contributed by atoms with Crippen LogP contribution in [0, 0.1) is 0 Å². The van der Waals surface area contributed by atoms with Crippen molar-refractivity contribution in [3.63, 3.8) is 0 Å². The average molecular weight is 460 g/mol. The number of hydrogen-bond acceptors (Lipinski definition) is 5. The Morgan fingerprint density at radius 3 is 2.29 bits per heavy atom. The highest BCUT2D eigenvalue weighted by molar-refractivity contribution is 5.95. The van der Waals surface area contributed by atoms with Crippen molar-refractivity contribution in [2.24, 2.45) is 0 Å². The number of carboxylic acid groups (broad SMARTS) is 1. The number of amides is 2. The van der Waals surface area contributed by atoms with Gasteiger partial charge < -0.3 is 25.5 Å². The van der Waals surface area contributed by atoms with Crippen LogP contribution in [0.5, 0.6) is 0 Å². The van der Waals surface area contributed by atoms with Gasteiger partial charge in [0.05, 0.1) is 6.33 Å². The third-order valence-corrected chi connectivity index (χ3v) is 6.45. The maximum Gasteiger partial charge on any atom is 0.408 e. The molecule has 174 valence electrons. The lowest BCUT2D eigenvalue weighted by molar-refractivity contribution is -0.142. The first kappa shape index (κ1) is 21.7. The van der Waals surface area contributed by atoms with Crippen molar-refractivity contribution >= 4 is 18.0 Å². The zero-order chi connectivity index (χ0) is 23.7. The van der Waals surface area contributed by atoms with Gasteiger partial charge in [0.2, 0.25) is 5.91 Å². The zero-order valence-electron chi connectivity index (χ0n) is 18.3. The number of nitrogens with one attached hydrogen (secondary N) is 3. The van der Waals surface area contributed by atoms with Crippen molar-refractivity contribution in [2.45, 2.75) is 36.8 Å². The molecule has 0 saturated heterocycles. The quantitative estimate of drug-likeness (QED) is 0.408. The molecule has 2 aliphatic carbocycles. The topological polar surface area (TPSA) is 133 Å². The van der Waals surface area contributed by atoms with E-state index in [1.54, 1.807) is 0 Å². The summed E-state index contributed by atoms with van der Waals surface area (Å²) in [5, 5.41) is 14.7. The highest BCUT2D eigenvalue weighted by Crippen LogP contribution is 2.44. The van der Waals surface area contributed by atoms with Crippen molar-refractivity contribution in [1.82, 2.24) is 20.6 Å². The molecule has 9 nitrogen and oxygen atoms in total. The van der Waals surface area contributed by atoms with E-state index in [0.717, 1.165) is 22.3 Å². The van der Waals surface area contributed by atoms with Crippen LogP contribution in [0.1, 0.15) is 35.6 Å². The van der Waals surface area contributed by atoms with Crippen LogP contribution < -0.4 is 10.6 Å². The van der Waals surface area contributed by atoms with Gasteiger partial charge in [-0.2, -0.15) is 0 Å². The van der Waals surface area contributed by atoms with E-state index >= 15 is 0 Å². The fourth-order valence-corrected chi connectivity index (χ4v) is 4.48. The number of imidazole rings is 1. The summed E-state index contributed by atoms with van der Waals surface area (Å²) in [6.45, 7) is 0.134. The summed E-state index contributed by atoms with van der Waals surface area (Å²) >= 11 is 0. The lowest BCUT2D eigenvalue weighted by atomic mass is 9.98. The van der Waals surface area contributed by atoms with Gasteiger partial charge in [0.25, 0.3) is 0 Å². The molecule has 9 heteroatoms. The summed E-state index contributed by atoms with van der Waals surface area (Å²) in [7, 11) is 0. The number of ether oxygens (including phenoxy) is 1. The molecular formula is C25H24N4O5. The van der Waals surface area contributed by atoms with E-state index < -0.39 is 29.6 Å². The predicted molar refractivity (Wildman–Crippen MR) is 122 cm³/mol. The molecule has 0 unspecified atom stereocenters. The van der Waals surface area contributed by atoms with Gasteiger partial charge >= 0.3 is 12.1 Å². The summed E-state index contributed by atoms with van der Waals surface area (Å²) < 4.78 is 5.54. The van der Waals surface area contributed by atoms with Gasteiger partial charge in [-0.15, -0.1) is 0 Å². The smallest absolute Gasteiger partial charge is 0.408 e. The number of alkyl carbamates (subject to hydrolysis) is 1. The standard InChI is InChI=1S/C25H24N4O5/c30-22(31)21(11-15-12-26-14-27-15)28-23(32)25(9-10-25)29-24(33)34-13-20-18-7-3-1-5-16(18)17-6-2-4-8-19(17)20/h1-8,12,14,20-21H,9-11,13H2,(H,26,27)(H,28,32)(H,29,33)(H,30,31)/t21-/m0/s1. The lowest BCUT2D eigenvalue weighted by Gasteiger charge is -2.21. The number of carbonyl (C=O) groups is 3. The minimum atomic E-state index is -1.17. The van der Waals surface area contributed by atoms with Crippen molar-refractivity contribution in [3.8, 4) is 11.1 Å². The van der Waals surface area contributed by atoms with Gasteiger partial charge in [-0.05, 0) is 35.1 Å². The van der Waals surface area contributed by atoms with E-state index in [0.29, 0.717) is 18.5 Å². The normalized spacial score (nSPS) is 16.1. The second-order valence-electron chi connectivity index (χ2n) is 8.68. The molecule has 0 radical (unpaired) electrons. The van der Waals surface area contributed by atoms with Gasteiger partial charge in [0, 0.05) is 24.2 Å². The molecule has 5 rings (SSSR count). The zero-order valence-corrected chi connectivity index (χ0v) is 18.3. The number of carbonyl (C=O) groups excluding carboxylic acids is 2. The third-order valence-electron chi connectivity index (χ3n) is 6.45. The van der Waals surface area contributed by atoms with Gasteiger partial charge in [0.1, 0.15) is 18.2 Å². The van der Waals surface area contributed by atoms with E-state index in [2.05, 4.69) is 32.7 Å². The molecule has 0 aliphatic heterocycles. The van der Waals surface area contributed by atoms with Crippen molar-refractivity contribution in [1.29, 1.82) is 0 Å². The SMILES string of the molecule is O=C(NC1(C(=O)N[C@@H](Cc2cnc[nH]2)C(=O)O)CC1)OCC1c2ccccc2-c2ccccc21. The molecule has 2 aliphatic rings. The molecule has 0 spiro atoms. The van der Waals surface area contributed by atoms with E-state index in [1.807, 2.05) is 36.4 Å². The van der Waals surface area contributed by atoms with Gasteiger partial charge in [0.15, 0.2) is 0 Å². The molecule has 0 bridgehead atoms. The average Bonchev–Trinajstić information content (AvgIpc) is 3.30. The Balaban J connectivity index is 1.21. The fraction of sp³-hybridized carbons (Fsp3) is 0.280. The number of fused-ring (bicyclic) bond motifs is 3. The van der Waals surface area contributed by atoms with Crippen LogP contribution in [0.3, 0.4) is 0 Å². The summed E-state index contributed by atoms with van der Waals surface area (Å²) in [6, 6.07) is 14.9. The van der Waals surface area contributed by atoms with Crippen LogP contribution in [0.25, 0.3) is 11.1 Å². The summed E-state index contributed by atoms with van der Waals surface area (Å²) in [5.41, 5.74) is 3.88. The van der Waals surface area contributed by atoms with Crippen LogP contribution >= 0.6 is 0 Å². The molecule has 34 heavy (non-hydrogen) atoms. The van der Waals surface area contributed by atoms with Crippen molar-refractivity contribution in [3.05, 3.63) is 77.9 Å². The number of hydrogen-bond donors (Lipinski definition) is 4. The Labute approximate surface area is 195 Å². The first-order chi connectivity index (χ1) is 16.5. The Bertz CT molecular complexity index is 1190. The Morgan fingerprint density at radius 1 is 1.09 bits per heavy atom. The number of carboxylic acids is 1. The number of aromatic amines is 1. The van der Waals surface area contributed by atoms with E-state index in [4.69, 9.17) is 4.74 Å². The molecule has 1 aromatic heterocycles. The van der Waals surface area contributed by atoms with Crippen LogP contribution in [0.2, 0.25) is 0 Å². The second-order valence-corrected chi connectivity index (χ2v) is 8.68. The lowest BCUT2D eigenvalue weighted by Crippen LogP contribution is -2.54. The van der Waals surface area contributed by atoms with Gasteiger partial charge in [-0.1, -0.05) is 48.5 Å². The number of rotatable bonds is 8. The van der Waals surface area contributed by atoms with Gasteiger partial charge in [-0.25, -0.2) is 14.6 Å². The minimum absolute atomic E-state index is 0.0576. The molecule has 1 heterocycles. The van der Waals surface area contributed by atoms with Gasteiger partial charge in [-0.3, -0.25) is 4.79 Å².